The smallest absolute Gasteiger partial charge is 0.104 e. The Morgan fingerprint density at radius 3 is 1.67 bits per heavy atom. The van der Waals surface area contributed by atoms with Crippen LogP contribution in [-0.4, -0.2) is 5.04 Å². The van der Waals surface area contributed by atoms with Gasteiger partial charge in [-0.3, -0.25) is 4.99 Å². The molecule has 0 bridgehead atoms. The monoisotopic (exact) mass is 369 g/mol. The second kappa shape index (κ2) is 7.58. The lowest BCUT2D eigenvalue weighted by atomic mass is 10.0. The van der Waals surface area contributed by atoms with Gasteiger partial charge >= 0.3 is 0 Å². The van der Waals surface area contributed by atoms with Gasteiger partial charge in [-0.05, 0) is 38.0 Å². The largest absolute Gasteiger partial charge is 0.265 e. The third kappa shape index (κ3) is 4.06. The molecule has 0 saturated carbocycles. The highest BCUT2D eigenvalue weighted by molar-refractivity contribution is 8.22. The Morgan fingerprint density at radius 2 is 1.11 bits per heavy atom. The van der Waals surface area contributed by atoms with Crippen LogP contribution in [0.1, 0.15) is 39.4 Å². The zero-order valence-electron chi connectivity index (χ0n) is 15.9. The van der Waals surface area contributed by atoms with Gasteiger partial charge in [-0.15, -0.1) is 0 Å². The van der Waals surface area contributed by atoms with Crippen molar-refractivity contribution >= 4 is 21.7 Å². The first-order chi connectivity index (χ1) is 13.1. The molecular formula is C25H23NS. The standard InChI is InChI=1S/C25H23NS/c1-17-4-10-20(11-5-17)23-16-24(21-12-6-18(2)7-13-21)27-25(26-23)22-14-8-19(3)9-15-22/h4-16,23H,1-3H3. The minimum absolute atomic E-state index is 0.0412. The Bertz CT molecular complexity index is 932. The summed E-state index contributed by atoms with van der Waals surface area (Å²) in [4.78, 5) is 6.35. The van der Waals surface area contributed by atoms with Crippen LogP contribution in [0.3, 0.4) is 0 Å². The zero-order valence-corrected chi connectivity index (χ0v) is 16.8. The molecule has 0 amide bonds. The molecule has 0 aromatic heterocycles. The fourth-order valence-electron chi connectivity index (χ4n) is 3.11. The van der Waals surface area contributed by atoms with E-state index in [0.29, 0.717) is 0 Å². The number of nitrogens with zero attached hydrogens (tertiary/aromatic N) is 1. The lowest BCUT2D eigenvalue weighted by Crippen LogP contribution is -2.06. The Morgan fingerprint density at radius 1 is 0.630 bits per heavy atom. The first-order valence-corrected chi connectivity index (χ1v) is 10.1. The minimum Gasteiger partial charge on any atom is -0.265 e. The number of thioether (sulfide) groups is 1. The predicted molar refractivity (Wildman–Crippen MR) is 118 cm³/mol. The van der Waals surface area contributed by atoms with Crippen LogP contribution in [0.15, 0.2) is 83.9 Å². The number of benzene rings is 3. The van der Waals surface area contributed by atoms with Crippen molar-refractivity contribution in [1.29, 1.82) is 0 Å². The van der Waals surface area contributed by atoms with E-state index in [1.165, 1.54) is 38.3 Å². The number of hydrogen-bond donors (Lipinski definition) is 0. The molecule has 1 unspecified atom stereocenters. The molecule has 1 aliphatic rings. The molecule has 27 heavy (non-hydrogen) atoms. The first kappa shape index (κ1) is 17.8. The van der Waals surface area contributed by atoms with Gasteiger partial charge in [0.05, 0.1) is 6.04 Å². The van der Waals surface area contributed by atoms with Crippen molar-refractivity contribution in [3.05, 3.63) is 112 Å². The van der Waals surface area contributed by atoms with Crippen LogP contribution in [0.4, 0.5) is 0 Å². The summed E-state index contributed by atoms with van der Waals surface area (Å²) in [6.07, 6.45) is 2.29. The van der Waals surface area contributed by atoms with Crippen LogP contribution in [-0.2, 0) is 0 Å². The molecule has 1 heterocycles. The van der Waals surface area contributed by atoms with Crippen molar-refractivity contribution in [2.45, 2.75) is 26.8 Å². The van der Waals surface area contributed by atoms with Crippen molar-refractivity contribution in [2.75, 3.05) is 0 Å². The van der Waals surface area contributed by atoms with Gasteiger partial charge in [0.25, 0.3) is 0 Å². The SMILES string of the molecule is Cc1ccc(C2=CC(c3ccc(C)cc3)N=C(c3ccc(C)cc3)S2)cc1. The highest BCUT2D eigenvalue weighted by Crippen LogP contribution is 2.40. The third-order valence-corrected chi connectivity index (χ3v) is 5.95. The average Bonchev–Trinajstić information content (AvgIpc) is 2.69. The van der Waals surface area contributed by atoms with Crippen molar-refractivity contribution in [2.24, 2.45) is 4.99 Å². The normalized spacial score (nSPS) is 16.6. The number of hydrogen-bond acceptors (Lipinski definition) is 2. The van der Waals surface area contributed by atoms with E-state index < -0.39 is 0 Å². The molecule has 0 spiro atoms. The molecule has 134 valence electrons. The minimum atomic E-state index is 0.0412. The second-order valence-corrected chi connectivity index (χ2v) is 8.19. The molecule has 1 nitrogen and oxygen atoms in total. The summed E-state index contributed by atoms with van der Waals surface area (Å²) < 4.78 is 0. The summed E-state index contributed by atoms with van der Waals surface area (Å²) in [5, 5.41) is 1.08. The molecule has 0 radical (unpaired) electrons. The van der Waals surface area contributed by atoms with Gasteiger partial charge in [0, 0.05) is 10.5 Å². The van der Waals surface area contributed by atoms with Gasteiger partial charge in [-0.2, -0.15) is 0 Å². The van der Waals surface area contributed by atoms with Gasteiger partial charge in [0.15, 0.2) is 0 Å². The molecular weight excluding hydrogens is 346 g/mol. The first-order valence-electron chi connectivity index (χ1n) is 9.26. The summed E-state index contributed by atoms with van der Waals surface area (Å²) >= 11 is 1.76. The van der Waals surface area contributed by atoms with Crippen LogP contribution in [0.2, 0.25) is 0 Å². The molecule has 3 aromatic carbocycles. The lowest BCUT2D eigenvalue weighted by Gasteiger charge is -2.21. The summed E-state index contributed by atoms with van der Waals surface area (Å²) in [6.45, 7) is 6.36. The van der Waals surface area contributed by atoms with E-state index in [1.807, 2.05) is 0 Å². The van der Waals surface area contributed by atoms with Crippen molar-refractivity contribution in [3.63, 3.8) is 0 Å². The maximum Gasteiger partial charge on any atom is 0.104 e. The molecule has 3 aromatic rings. The van der Waals surface area contributed by atoms with Crippen molar-refractivity contribution < 1.29 is 0 Å². The number of aryl methyl sites for hydroxylation is 3. The summed E-state index contributed by atoms with van der Waals surface area (Å²) in [5.74, 6) is 0. The summed E-state index contributed by atoms with van der Waals surface area (Å²) in [6, 6.07) is 26.2. The van der Waals surface area contributed by atoms with Gasteiger partial charge < -0.3 is 0 Å². The van der Waals surface area contributed by atoms with E-state index in [4.69, 9.17) is 4.99 Å². The second-order valence-electron chi connectivity index (χ2n) is 7.15. The third-order valence-electron chi connectivity index (χ3n) is 4.83. The van der Waals surface area contributed by atoms with Gasteiger partial charge in [0.2, 0.25) is 0 Å². The highest BCUT2D eigenvalue weighted by Gasteiger charge is 2.20. The maximum atomic E-state index is 5.08. The molecule has 4 rings (SSSR count). The fourth-order valence-corrected chi connectivity index (χ4v) is 4.19. The van der Waals surface area contributed by atoms with Crippen LogP contribution in [0.5, 0.6) is 0 Å². The van der Waals surface area contributed by atoms with E-state index >= 15 is 0 Å². The molecule has 1 atom stereocenters. The summed E-state index contributed by atoms with van der Waals surface area (Å²) in [7, 11) is 0. The molecule has 0 saturated heterocycles. The van der Waals surface area contributed by atoms with E-state index in [2.05, 4.69) is 99.6 Å². The van der Waals surface area contributed by atoms with E-state index in [0.717, 1.165) is 5.04 Å². The van der Waals surface area contributed by atoms with Crippen LogP contribution in [0, 0.1) is 20.8 Å². The van der Waals surface area contributed by atoms with Crippen LogP contribution >= 0.6 is 11.8 Å². The summed E-state index contributed by atoms with van der Waals surface area (Å²) in [5.41, 5.74) is 7.49. The Labute approximate surface area is 165 Å². The van der Waals surface area contributed by atoms with Gasteiger partial charge in [-0.25, -0.2) is 0 Å². The Hall–Kier alpha value is -2.58. The number of rotatable bonds is 3. The van der Waals surface area contributed by atoms with Crippen LogP contribution < -0.4 is 0 Å². The lowest BCUT2D eigenvalue weighted by molar-refractivity contribution is 0.917. The molecule has 0 aliphatic carbocycles. The highest BCUT2D eigenvalue weighted by atomic mass is 32.2. The van der Waals surface area contributed by atoms with Crippen LogP contribution in [0.25, 0.3) is 4.91 Å². The van der Waals surface area contributed by atoms with Crippen molar-refractivity contribution in [1.82, 2.24) is 0 Å². The molecule has 2 heteroatoms. The van der Waals surface area contributed by atoms with Gasteiger partial charge in [0.1, 0.15) is 5.04 Å². The number of aliphatic imine (C=N–C) groups is 1. The van der Waals surface area contributed by atoms with Gasteiger partial charge in [-0.1, -0.05) is 101 Å². The Kier molecular flexibility index (Phi) is 5.00. The van der Waals surface area contributed by atoms with E-state index in [-0.39, 0.29) is 6.04 Å². The Balaban J connectivity index is 1.76. The topological polar surface area (TPSA) is 12.4 Å². The predicted octanol–water partition coefficient (Wildman–Crippen LogP) is 6.89. The van der Waals surface area contributed by atoms with Crippen molar-refractivity contribution in [3.8, 4) is 0 Å². The van der Waals surface area contributed by atoms with E-state index in [1.54, 1.807) is 11.8 Å². The molecule has 1 aliphatic heterocycles. The molecule has 0 fully saturated rings. The quantitative estimate of drug-likeness (QED) is 0.490. The van der Waals surface area contributed by atoms with E-state index in [9.17, 15) is 0 Å². The molecule has 0 N–H and O–H groups in total. The average molecular weight is 370 g/mol. The fraction of sp³-hybridized carbons (Fsp3) is 0.160. The zero-order chi connectivity index (χ0) is 18.8. The maximum absolute atomic E-state index is 5.08.